The predicted octanol–water partition coefficient (Wildman–Crippen LogP) is 3.46. The Morgan fingerprint density at radius 1 is 1.20 bits per heavy atom. The molecule has 0 bridgehead atoms. The first-order valence-electron chi connectivity index (χ1n) is 7.73. The lowest BCUT2D eigenvalue weighted by atomic mass is 10.1. The van der Waals surface area contributed by atoms with Crippen molar-refractivity contribution in [1.29, 1.82) is 0 Å². The highest BCUT2D eigenvalue weighted by molar-refractivity contribution is 5.79. The van der Waals surface area contributed by atoms with Gasteiger partial charge in [0.15, 0.2) is 5.78 Å². The number of allylic oxidation sites excluding steroid dienone is 2. The van der Waals surface area contributed by atoms with Gasteiger partial charge in [0.2, 0.25) is 0 Å². The molecular formula is C16H32N2O2. The third-order valence-electron chi connectivity index (χ3n) is 2.66. The maximum atomic E-state index is 10.9. The number of carbonyl (C=O) groups is 1. The Morgan fingerprint density at radius 2 is 1.85 bits per heavy atom. The van der Waals surface area contributed by atoms with Gasteiger partial charge >= 0.3 is 0 Å². The number of aliphatic hydroxyl groups excluding tert-OH is 1. The summed E-state index contributed by atoms with van der Waals surface area (Å²) in [6.45, 7) is 5.84. The van der Waals surface area contributed by atoms with E-state index in [-0.39, 0.29) is 12.4 Å². The molecule has 2 N–H and O–H groups in total. The van der Waals surface area contributed by atoms with Gasteiger partial charge in [0.25, 0.3) is 0 Å². The number of rotatable bonds is 11. The molecule has 0 saturated heterocycles. The molecule has 0 aromatic carbocycles. The molecule has 0 spiro atoms. The molecule has 0 aromatic heterocycles. The number of hydrogen-bond acceptors (Lipinski definition) is 3. The molecule has 0 atom stereocenters. The van der Waals surface area contributed by atoms with Crippen molar-refractivity contribution >= 4 is 12.1 Å². The minimum atomic E-state index is -0.333. The van der Waals surface area contributed by atoms with Gasteiger partial charge in [-0.3, -0.25) is 9.79 Å². The van der Waals surface area contributed by atoms with Crippen LogP contribution in [0.5, 0.6) is 0 Å². The van der Waals surface area contributed by atoms with Crippen molar-refractivity contribution in [3.8, 4) is 0 Å². The van der Waals surface area contributed by atoms with Crippen molar-refractivity contribution in [2.45, 2.75) is 65.7 Å². The maximum Gasteiger partial charge on any atom is 0.158 e. The normalized spacial score (nSPS) is 11.2. The molecule has 0 rings (SSSR count). The van der Waals surface area contributed by atoms with Crippen molar-refractivity contribution in [2.24, 2.45) is 4.99 Å². The van der Waals surface area contributed by atoms with Crippen molar-refractivity contribution < 1.29 is 9.90 Å². The third kappa shape index (κ3) is 14.9. The highest BCUT2D eigenvalue weighted by atomic mass is 16.3. The predicted molar refractivity (Wildman–Crippen MR) is 87.1 cm³/mol. The van der Waals surface area contributed by atoms with Crippen LogP contribution in [0.3, 0.4) is 0 Å². The molecule has 20 heavy (non-hydrogen) atoms. The summed E-state index contributed by atoms with van der Waals surface area (Å²) in [4.78, 5) is 14.8. The van der Waals surface area contributed by atoms with Crippen molar-refractivity contribution in [1.82, 2.24) is 5.32 Å². The van der Waals surface area contributed by atoms with E-state index in [0.29, 0.717) is 6.42 Å². The first-order chi connectivity index (χ1) is 9.74. The fourth-order valence-corrected chi connectivity index (χ4v) is 1.58. The number of unbranched alkanes of at least 4 members (excludes halogenated alkanes) is 3. The summed E-state index contributed by atoms with van der Waals surface area (Å²) in [7, 11) is 1.73. The lowest BCUT2D eigenvalue weighted by Gasteiger charge is -2.07. The van der Waals surface area contributed by atoms with E-state index in [0.717, 1.165) is 25.7 Å². The van der Waals surface area contributed by atoms with Crippen LogP contribution in [0.15, 0.2) is 16.8 Å². The Labute approximate surface area is 124 Å². The topological polar surface area (TPSA) is 61.7 Å². The average Bonchev–Trinajstić information content (AvgIpc) is 2.50. The number of nitrogens with zero attached hydrogens (tertiary/aromatic N) is 1. The maximum absolute atomic E-state index is 10.9. The lowest BCUT2D eigenvalue weighted by molar-refractivity contribution is -0.121. The summed E-state index contributed by atoms with van der Waals surface area (Å²) in [5, 5.41) is 11.8. The molecule has 0 radical (unpaired) electrons. The standard InChI is InChI=1S/C14H26N2O2.C2H6/c1-3-4-5-8-13(16-12-15-2)9-6-7-10-14(18)11-17;1-2/h8,12,17H,3-7,9-11H2,1-2H3,(H,15,16);1-2H3/b13-8-;. The Bertz CT molecular complexity index is 274. The van der Waals surface area contributed by atoms with E-state index in [1.807, 2.05) is 13.8 Å². The first-order valence-corrected chi connectivity index (χ1v) is 7.73. The fourth-order valence-electron chi connectivity index (χ4n) is 1.58. The van der Waals surface area contributed by atoms with Crippen LogP contribution in [-0.2, 0) is 4.79 Å². The van der Waals surface area contributed by atoms with E-state index in [4.69, 9.17) is 5.11 Å². The van der Waals surface area contributed by atoms with E-state index >= 15 is 0 Å². The van der Waals surface area contributed by atoms with E-state index < -0.39 is 0 Å². The van der Waals surface area contributed by atoms with Crippen LogP contribution in [0.25, 0.3) is 0 Å². The van der Waals surface area contributed by atoms with Crippen LogP contribution in [0.1, 0.15) is 65.7 Å². The van der Waals surface area contributed by atoms with E-state index in [9.17, 15) is 4.79 Å². The van der Waals surface area contributed by atoms with Gasteiger partial charge < -0.3 is 10.4 Å². The van der Waals surface area contributed by atoms with Gasteiger partial charge in [0.1, 0.15) is 6.61 Å². The second-order valence-corrected chi connectivity index (χ2v) is 4.31. The molecule has 0 aliphatic carbocycles. The van der Waals surface area contributed by atoms with Gasteiger partial charge in [-0.1, -0.05) is 39.7 Å². The second kappa shape index (κ2) is 17.8. The molecule has 0 fully saturated rings. The number of aliphatic hydroxyl groups is 1. The molecule has 0 unspecified atom stereocenters. The second-order valence-electron chi connectivity index (χ2n) is 4.31. The monoisotopic (exact) mass is 284 g/mol. The fraction of sp³-hybridized carbons (Fsp3) is 0.750. The summed E-state index contributed by atoms with van der Waals surface area (Å²) < 4.78 is 0. The van der Waals surface area contributed by atoms with Gasteiger partial charge in [0, 0.05) is 19.2 Å². The molecule has 4 nitrogen and oxygen atoms in total. The molecule has 0 amide bonds. The Kier molecular flexibility index (Phi) is 18.9. The lowest BCUT2D eigenvalue weighted by Crippen LogP contribution is -2.11. The number of nitrogens with one attached hydrogen (secondary N) is 1. The molecule has 118 valence electrons. The van der Waals surface area contributed by atoms with Crippen LogP contribution >= 0.6 is 0 Å². The zero-order chi connectivity index (χ0) is 15.6. The number of aliphatic imine (C=N–C) groups is 1. The highest BCUT2D eigenvalue weighted by Crippen LogP contribution is 2.09. The van der Waals surface area contributed by atoms with Crippen LogP contribution < -0.4 is 5.32 Å². The zero-order valence-corrected chi connectivity index (χ0v) is 13.6. The first kappa shape index (κ1) is 21.1. The number of carbonyl (C=O) groups excluding carboxylic acids is 1. The van der Waals surface area contributed by atoms with Crippen molar-refractivity contribution in [3.63, 3.8) is 0 Å². The van der Waals surface area contributed by atoms with E-state index in [1.54, 1.807) is 13.4 Å². The van der Waals surface area contributed by atoms with Crippen LogP contribution in [0, 0.1) is 0 Å². The molecule has 4 heteroatoms. The molecule has 0 aliphatic heterocycles. The summed E-state index contributed by atoms with van der Waals surface area (Å²) in [5.41, 5.74) is 1.17. The Hall–Kier alpha value is -1.16. The van der Waals surface area contributed by atoms with Crippen LogP contribution in [0.2, 0.25) is 0 Å². The summed E-state index contributed by atoms with van der Waals surface area (Å²) in [6.07, 6.45) is 10.5. The Morgan fingerprint density at radius 3 is 2.40 bits per heavy atom. The minimum absolute atomic E-state index is 0.0745. The number of hydrogen-bond donors (Lipinski definition) is 2. The smallest absolute Gasteiger partial charge is 0.158 e. The van der Waals surface area contributed by atoms with E-state index in [1.165, 1.54) is 18.5 Å². The summed E-state index contributed by atoms with van der Waals surface area (Å²) in [5.74, 6) is -0.0745. The van der Waals surface area contributed by atoms with Crippen LogP contribution in [-0.4, -0.2) is 30.9 Å². The van der Waals surface area contributed by atoms with Gasteiger partial charge in [-0.25, -0.2) is 0 Å². The highest BCUT2D eigenvalue weighted by Gasteiger charge is 2.00. The van der Waals surface area contributed by atoms with Gasteiger partial charge in [-0.05, 0) is 25.7 Å². The molecule has 0 aromatic rings. The zero-order valence-electron chi connectivity index (χ0n) is 13.6. The average molecular weight is 284 g/mol. The Balaban J connectivity index is 0. The quantitative estimate of drug-likeness (QED) is 0.347. The van der Waals surface area contributed by atoms with Crippen molar-refractivity contribution in [2.75, 3.05) is 13.7 Å². The van der Waals surface area contributed by atoms with Gasteiger partial charge in [-0.2, -0.15) is 0 Å². The number of Topliss-reactive ketones (excluding diaryl/α,β-unsaturated/α-hetero) is 1. The summed E-state index contributed by atoms with van der Waals surface area (Å²) in [6, 6.07) is 0. The van der Waals surface area contributed by atoms with Gasteiger partial charge in [0.05, 0.1) is 6.34 Å². The van der Waals surface area contributed by atoms with Gasteiger partial charge in [-0.15, -0.1) is 0 Å². The van der Waals surface area contributed by atoms with Crippen LogP contribution in [0.4, 0.5) is 0 Å². The SMILES string of the molecule is CC.CCCC/C=C(/CCCCC(=O)CO)NC=NC. The molecule has 0 heterocycles. The van der Waals surface area contributed by atoms with E-state index in [2.05, 4.69) is 23.3 Å². The minimum Gasteiger partial charge on any atom is -0.389 e. The molecule has 0 aliphatic rings. The number of ketones is 1. The molecular weight excluding hydrogens is 252 g/mol. The van der Waals surface area contributed by atoms with Crippen molar-refractivity contribution in [3.05, 3.63) is 11.8 Å². The third-order valence-corrected chi connectivity index (χ3v) is 2.66. The molecule has 0 saturated carbocycles. The summed E-state index contributed by atoms with van der Waals surface area (Å²) >= 11 is 0. The largest absolute Gasteiger partial charge is 0.389 e.